The van der Waals surface area contributed by atoms with Crippen LogP contribution in [-0.4, -0.2) is 40.8 Å². The van der Waals surface area contributed by atoms with Gasteiger partial charge in [-0.05, 0) is 20.3 Å². The highest BCUT2D eigenvalue weighted by molar-refractivity contribution is 5.62. The molecule has 0 saturated heterocycles. The number of carboxylic acids is 1. The first-order valence-corrected chi connectivity index (χ1v) is 5.05. The molecule has 0 unspecified atom stereocenters. The Morgan fingerprint density at radius 1 is 1.20 bits per heavy atom. The Kier molecular flexibility index (Phi) is 25.2. The number of rotatable bonds is 4. The number of ether oxygens (including phenoxy) is 1. The zero-order valence-electron chi connectivity index (χ0n) is 10.1. The number of carbonyl (C=O) groups is 1. The van der Waals surface area contributed by atoms with Gasteiger partial charge in [-0.15, -0.1) is 0 Å². The van der Waals surface area contributed by atoms with Gasteiger partial charge in [0, 0.05) is 20.1 Å². The number of carboxylic acid groups (broad SMARTS) is 1. The smallest absolute Gasteiger partial charge is 0.300 e. The Hall–Kier alpha value is -0.650. The molecule has 0 aromatic rings. The van der Waals surface area contributed by atoms with Gasteiger partial charge in [0.15, 0.2) is 6.29 Å². The van der Waals surface area contributed by atoms with E-state index in [1.54, 1.807) is 0 Å². The third kappa shape index (κ3) is 90.9. The standard InChI is InChI=1S/C4H10O2.C4H10O.C2H4O2/c1-2-3-4(5)6;1-3-5-4-2;1-2(3)4/h4-6H,2-3H2,1H3;3-4H2,1-2H3;1H3,(H,3,4). The molecule has 5 heteroatoms. The quantitative estimate of drug-likeness (QED) is 0.625. The van der Waals surface area contributed by atoms with Gasteiger partial charge in [-0.25, -0.2) is 0 Å². The number of aliphatic hydroxyl groups is 2. The normalized spacial score (nSPS) is 8.47. The molecular formula is C10H24O5. The Morgan fingerprint density at radius 2 is 1.53 bits per heavy atom. The second-order valence-corrected chi connectivity index (χ2v) is 2.57. The molecule has 94 valence electrons. The van der Waals surface area contributed by atoms with Crippen LogP contribution in [-0.2, 0) is 9.53 Å². The minimum absolute atomic E-state index is 0.486. The van der Waals surface area contributed by atoms with E-state index in [0.29, 0.717) is 6.42 Å². The summed E-state index contributed by atoms with van der Waals surface area (Å²) in [5, 5.41) is 23.6. The highest BCUT2D eigenvalue weighted by Crippen LogP contribution is 1.88. The van der Waals surface area contributed by atoms with Gasteiger partial charge in [0.25, 0.3) is 5.97 Å². The molecule has 0 aromatic heterocycles. The molecule has 0 fully saturated rings. The van der Waals surface area contributed by atoms with Crippen molar-refractivity contribution in [3.8, 4) is 0 Å². The molecule has 0 rings (SSSR count). The van der Waals surface area contributed by atoms with E-state index in [4.69, 9.17) is 24.9 Å². The van der Waals surface area contributed by atoms with Crippen LogP contribution in [0.15, 0.2) is 0 Å². The predicted molar refractivity (Wildman–Crippen MR) is 58.6 cm³/mol. The molecule has 0 aliphatic rings. The summed E-state index contributed by atoms with van der Waals surface area (Å²) in [5.41, 5.74) is 0. The maximum Gasteiger partial charge on any atom is 0.300 e. The molecule has 0 radical (unpaired) electrons. The van der Waals surface area contributed by atoms with Gasteiger partial charge in [0.1, 0.15) is 0 Å². The van der Waals surface area contributed by atoms with Crippen molar-refractivity contribution < 1.29 is 24.9 Å². The lowest BCUT2D eigenvalue weighted by Crippen LogP contribution is -2.01. The molecule has 0 spiro atoms. The number of aliphatic carboxylic acids is 1. The van der Waals surface area contributed by atoms with Crippen molar-refractivity contribution in [3.05, 3.63) is 0 Å². The molecular weight excluding hydrogens is 200 g/mol. The molecule has 0 atom stereocenters. The van der Waals surface area contributed by atoms with Gasteiger partial charge in [-0.2, -0.15) is 0 Å². The Morgan fingerprint density at radius 3 is 1.53 bits per heavy atom. The van der Waals surface area contributed by atoms with Gasteiger partial charge in [0.05, 0.1) is 0 Å². The Balaban J connectivity index is -0.000000147. The summed E-state index contributed by atoms with van der Waals surface area (Å²) in [6.07, 6.45) is 0.215. The average Bonchev–Trinajstić information content (AvgIpc) is 2.05. The molecule has 3 N–H and O–H groups in total. The summed E-state index contributed by atoms with van der Waals surface area (Å²) < 4.78 is 4.83. The second kappa shape index (κ2) is 19.0. The van der Waals surface area contributed by atoms with Crippen molar-refractivity contribution in [1.29, 1.82) is 0 Å². The third-order valence-corrected chi connectivity index (χ3v) is 0.955. The Labute approximate surface area is 91.7 Å². The fourth-order valence-corrected chi connectivity index (χ4v) is 0.462. The molecule has 0 aliphatic heterocycles. The van der Waals surface area contributed by atoms with Crippen LogP contribution in [0.3, 0.4) is 0 Å². The van der Waals surface area contributed by atoms with Crippen molar-refractivity contribution in [2.24, 2.45) is 0 Å². The van der Waals surface area contributed by atoms with E-state index in [0.717, 1.165) is 26.6 Å². The summed E-state index contributed by atoms with van der Waals surface area (Å²) >= 11 is 0. The first-order valence-electron chi connectivity index (χ1n) is 5.05. The molecule has 0 amide bonds. The SMILES string of the molecule is CC(=O)O.CCCC(O)O.CCOCC. The molecule has 15 heavy (non-hydrogen) atoms. The van der Waals surface area contributed by atoms with E-state index in [2.05, 4.69) is 0 Å². The van der Waals surface area contributed by atoms with Crippen molar-refractivity contribution in [3.63, 3.8) is 0 Å². The van der Waals surface area contributed by atoms with Crippen LogP contribution in [0.2, 0.25) is 0 Å². The van der Waals surface area contributed by atoms with E-state index in [9.17, 15) is 0 Å². The monoisotopic (exact) mass is 224 g/mol. The summed E-state index contributed by atoms with van der Waals surface area (Å²) in [6, 6.07) is 0. The van der Waals surface area contributed by atoms with Crippen LogP contribution in [0.5, 0.6) is 0 Å². The molecule has 0 bridgehead atoms. The van der Waals surface area contributed by atoms with Crippen molar-refractivity contribution >= 4 is 5.97 Å². The predicted octanol–water partition coefficient (Wildman–Crippen LogP) is 1.23. The highest BCUT2D eigenvalue weighted by Gasteiger charge is 1.89. The molecule has 0 saturated carbocycles. The molecule has 0 heterocycles. The minimum atomic E-state index is -1.10. The van der Waals surface area contributed by atoms with E-state index in [1.807, 2.05) is 20.8 Å². The largest absolute Gasteiger partial charge is 0.481 e. The topological polar surface area (TPSA) is 87.0 Å². The number of aliphatic hydroxyl groups excluding tert-OH is 1. The van der Waals surface area contributed by atoms with E-state index in [1.165, 1.54) is 0 Å². The molecule has 0 aromatic carbocycles. The van der Waals surface area contributed by atoms with E-state index < -0.39 is 12.3 Å². The van der Waals surface area contributed by atoms with Crippen LogP contribution < -0.4 is 0 Å². The fraction of sp³-hybridized carbons (Fsp3) is 0.900. The summed E-state index contributed by atoms with van der Waals surface area (Å²) in [5.74, 6) is -0.833. The second-order valence-electron chi connectivity index (χ2n) is 2.57. The molecule has 5 nitrogen and oxygen atoms in total. The van der Waals surface area contributed by atoms with Crippen LogP contribution in [0.1, 0.15) is 40.5 Å². The summed E-state index contributed by atoms with van der Waals surface area (Å²) in [7, 11) is 0. The number of hydrogen-bond acceptors (Lipinski definition) is 4. The van der Waals surface area contributed by atoms with Gasteiger partial charge in [0.2, 0.25) is 0 Å². The zero-order valence-corrected chi connectivity index (χ0v) is 10.1. The highest BCUT2D eigenvalue weighted by atomic mass is 16.5. The van der Waals surface area contributed by atoms with Crippen LogP contribution >= 0.6 is 0 Å². The van der Waals surface area contributed by atoms with Gasteiger partial charge >= 0.3 is 0 Å². The van der Waals surface area contributed by atoms with E-state index >= 15 is 0 Å². The lowest BCUT2D eigenvalue weighted by atomic mass is 10.3. The van der Waals surface area contributed by atoms with Crippen molar-refractivity contribution in [2.75, 3.05) is 13.2 Å². The lowest BCUT2D eigenvalue weighted by Gasteiger charge is -1.94. The maximum atomic E-state index is 9.00. The first-order chi connectivity index (χ1) is 6.92. The van der Waals surface area contributed by atoms with Crippen LogP contribution in [0.4, 0.5) is 0 Å². The lowest BCUT2D eigenvalue weighted by molar-refractivity contribution is -0.134. The zero-order chi connectivity index (χ0) is 12.7. The van der Waals surface area contributed by atoms with Crippen LogP contribution in [0.25, 0.3) is 0 Å². The third-order valence-electron chi connectivity index (χ3n) is 0.955. The Bertz CT molecular complexity index is 108. The summed E-state index contributed by atoms with van der Waals surface area (Å²) in [4.78, 5) is 9.00. The fourth-order valence-electron chi connectivity index (χ4n) is 0.462. The average molecular weight is 224 g/mol. The maximum absolute atomic E-state index is 9.00. The van der Waals surface area contributed by atoms with Crippen molar-refractivity contribution in [1.82, 2.24) is 0 Å². The van der Waals surface area contributed by atoms with Crippen molar-refractivity contribution in [2.45, 2.75) is 46.8 Å². The van der Waals surface area contributed by atoms with E-state index in [-0.39, 0.29) is 0 Å². The first kappa shape index (κ1) is 19.9. The van der Waals surface area contributed by atoms with Gasteiger partial charge in [-0.3, -0.25) is 4.79 Å². The summed E-state index contributed by atoms with van der Waals surface area (Å²) in [6.45, 7) is 8.65. The number of hydrogen-bond donors (Lipinski definition) is 3. The van der Waals surface area contributed by atoms with Gasteiger partial charge < -0.3 is 20.1 Å². The van der Waals surface area contributed by atoms with Gasteiger partial charge in [-0.1, -0.05) is 13.3 Å². The minimum Gasteiger partial charge on any atom is -0.481 e. The van der Waals surface area contributed by atoms with Crippen LogP contribution in [0, 0.1) is 0 Å². The molecule has 0 aliphatic carbocycles.